The van der Waals surface area contributed by atoms with Gasteiger partial charge in [0, 0.05) is 6.20 Å². The van der Waals surface area contributed by atoms with Gasteiger partial charge in [0.15, 0.2) is 0 Å². The molecule has 0 atom stereocenters. The first-order valence-electron chi connectivity index (χ1n) is 5.63. The van der Waals surface area contributed by atoms with Crippen LogP contribution in [-0.2, 0) is 6.42 Å². The van der Waals surface area contributed by atoms with Crippen LogP contribution in [0.1, 0.15) is 16.8 Å². The summed E-state index contributed by atoms with van der Waals surface area (Å²) in [6.07, 6.45) is 2.68. The summed E-state index contributed by atoms with van der Waals surface area (Å²) in [7, 11) is 0. The molecule has 0 unspecified atom stereocenters. The summed E-state index contributed by atoms with van der Waals surface area (Å²) in [6.45, 7) is 4.60. The molecule has 0 aliphatic carbocycles. The Bertz CT molecular complexity index is 512. The van der Waals surface area contributed by atoms with Crippen LogP contribution in [0, 0.1) is 13.8 Å². The molecule has 17 heavy (non-hydrogen) atoms. The number of nitrogens with zero attached hydrogens (tertiary/aromatic N) is 2. The Balaban J connectivity index is 2.50. The standard InChI is InChI=1S/C13H16ClN3/c1-9-3-4-13(11(7-9)5-6-15)17-8-12(14)10(2)16-17/h3-4,7-8H,5-6,15H2,1-2H3. The van der Waals surface area contributed by atoms with Gasteiger partial charge in [-0.2, -0.15) is 5.10 Å². The van der Waals surface area contributed by atoms with Crippen molar-refractivity contribution in [1.82, 2.24) is 9.78 Å². The molecule has 2 N–H and O–H groups in total. The monoisotopic (exact) mass is 249 g/mol. The van der Waals surface area contributed by atoms with Gasteiger partial charge in [-0.25, -0.2) is 4.68 Å². The van der Waals surface area contributed by atoms with Crippen molar-refractivity contribution in [3.8, 4) is 5.69 Å². The second kappa shape index (κ2) is 4.90. The van der Waals surface area contributed by atoms with E-state index in [1.165, 1.54) is 11.1 Å². The number of hydrogen-bond donors (Lipinski definition) is 1. The predicted octanol–water partition coefficient (Wildman–Crippen LogP) is 2.64. The maximum absolute atomic E-state index is 6.03. The minimum atomic E-state index is 0.629. The van der Waals surface area contributed by atoms with Crippen LogP contribution in [0.4, 0.5) is 0 Å². The summed E-state index contributed by atoms with van der Waals surface area (Å²) < 4.78 is 1.82. The molecule has 0 aliphatic heterocycles. The Morgan fingerprint density at radius 1 is 1.35 bits per heavy atom. The van der Waals surface area contributed by atoms with Crippen molar-refractivity contribution < 1.29 is 0 Å². The van der Waals surface area contributed by atoms with Gasteiger partial charge in [-0.1, -0.05) is 29.3 Å². The lowest BCUT2D eigenvalue weighted by Gasteiger charge is -2.09. The molecule has 2 aromatic rings. The average molecular weight is 250 g/mol. The van der Waals surface area contributed by atoms with E-state index in [1.54, 1.807) is 0 Å². The number of aryl methyl sites for hydroxylation is 2. The lowest BCUT2D eigenvalue weighted by Crippen LogP contribution is -2.07. The van der Waals surface area contributed by atoms with Gasteiger partial charge in [-0.05, 0) is 38.4 Å². The van der Waals surface area contributed by atoms with Gasteiger partial charge < -0.3 is 5.73 Å². The first-order chi connectivity index (χ1) is 8.11. The van der Waals surface area contributed by atoms with Crippen LogP contribution in [0.15, 0.2) is 24.4 Å². The van der Waals surface area contributed by atoms with E-state index in [9.17, 15) is 0 Å². The highest BCUT2D eigenvalue weighted by molar-refractivity contribution is 6.31. The van der Waals surface area contributed by atoms with Crippen molar-refractivity contribution in [1.29, 1.82) is 0 Å². The fraction of sp³-hybridized carbons (Fsp3) is 0.308. The van der Waals surface area contributed by atoms with Crippen molar-refractivity contribution in [2.24, 2.45) is 5.73 Å². The highest BCUT2D eigenvalue weighted by Gasteiger charge is 2.08. The van der Waals surface area contributed by atoms with E-state index >= 15 is 0 Å². The van der Waals surface area contributed by atoms with Crippen LogP contribution in [0.5, 0.6) is 0 Å². The minimum absolute atomic E-state index is 0.629. The highest BCUT2D eigenvalue weighted by atomic mass is 35.5. The summed E-state index contributed by atoms with van der Waals surface area (Å²) in [5.41, 5.74) is 9.96. The lowest BCUT2D eigenvalue weighted by atomic mass is 10.1. The van der Waals surface area contributed by atoms with Crippen LogP contribution in [0.25, 0.3) is 5.69 Å². The van der Waals surface area contributed by atoms with Gasteiger partial charge in [0.05, 0.1) is 16.4 Å². The predicted molar refractivity (Wildman–Crippen MR) is 70.8 cm³/mol. The highest BCUT2D eigenvalue weighted by Crippen LogP contribution is 2.20. The Morgan fingerprint density at radius 2 is 2.12 bits per heavy atom. The Morgan fingerprint density at radius 3 is 2.71 bits per heavy atom. The summed E-state index contributed by atoms with van der Waals surface area (Å²) in [6, 6.07) is 6.27. The maximum atomic E-state index is 6.03. The quantitative estimate of drug-likeness (QED) is 0.909. The largest absolute Gasteiger partial charge is 0.330 e. The van der Waals surface area contributed by atoms with Crippen LogP contribution < -0.4 is 5.73 Å². The van der Waals surface area contributed by atoms with E-state index < -0.39 is 0 Å². The number of hydrogen-bond acceptors (Lipinski definition) is 2. The Kier molecular flexibility index (Phi) is 3.50. The molecule has 0 saturated carbocycles. The third-order valence-electron chi connectivity index (χ3n) is 2.73. The Labute approximate surface area is 106 Å². The third-order valence-corrected chi connectivity index (χ3v) is 3.11. The molecule has 0 bridgehead atoms. The van der Waals surface area contributed by atoms with Crippen molar-refractivity contribution in [3.05, 3.63) is 46.2 Å². The molecule has 1 heterocycles. The van der Waals surface area contributed by atoms with E-state index in [1.807, 2.05) is 17.8 Å². The first-order valence-corrected chi connectivity index (χ1v) is 6.01. The zero-order valence-electron chi connectivity index (χ0n) is 10.1. The first kappa shape index (κ1) is 12.1. The molecule has 0 fully saturated rings. The van der Waals surface area contributed by atoms with Crippen LogP contribution in [-0.4, -0.2) is 16.3 Å². The summed E-state index contributed by atoms with van der Waals surface area (Å²) >= 11 is 6.03. The smallest absolute Gasteiger partial charge is 0.0819 e. The zero-order valence-corrected chi connectivity index (χ0v) is 10.8. The summed E-state index contributed by atoms with van der Waals surface area (Å²) in [5, 5.41) is 5.08. The van der Waals surface area contributed by atoms with Gasteiger partial charge >= 0.3 is 0 Å². The number of nitrogens with two attached hydrogens (primary N) is 1. The van der Waals surface area contributed by atoms with Gasteiger partial charge in [-0.3, -0.25) is 0 Å². The molecule has 0 amide bonds. The molecule has 0 aliphatic rings. The van der Waals surface area contributed by atoms with Gasteiger partial charge in [0.1, 0.15) is 0 Å². The molecule has 3 nitrogen and oxygen atoms in total. The van der Waals surface area contributed by atoms with E-state index in [0.717, 1.165) is 17.8 Å². The summed E-state index contributed by atoms with van der Waals surface area (Å²) in [5.74, 6) is 0. The normalized spacial score (nSPS) is 10.8. The summed E-state index contributed by atoms with van der Waals surface area (Å²) in [4.78, 5) is 0. The van der Waals surface area contributed by atoms with Crippen molar-refractivity contribution >= 4 is 11.6 Å². The molecule has 0 radical (unpaired) electrons. The van der Waals surface area contributed by atoms with E-state index in [2.05, 4.69) is 30.2 Å². The maximum Gasteiger partial charge on any atom is 0.0819 e. The fourth-order valence-electron chi connectivity index (χ4n) is 1.86. The number of rotatable bonds is 3. The molecule has 4 heteroatoms. The average Bonchev–Trinajstić information content (AvgIpc) is 2.60. The number of aromatic nitrogens is 2. The molecule has 2 rings (SSSR count). The van der Waals surface area contributed by atoms with Crippen molar-refractivity contribution in [2.75, 3.05) is 6.54 Å². The zero-order chi connectivity index (χ0) is 12.4. The molecule has 90 valence electrons. The third kappa shape index (κ3) is 2.51. The van der Waals surface area contributed by atoms with E-state index in [4.69, 9.17) is 17.3 Å². The van der Waals surface area contributed by atoms with Gasteiger partial charge in [0.25, 0.3) is 0 Å². The second-order valence-electron chi connectivity index (χ2n) is 4.18. The second-order valence-corrected chi connectivity index (χ2v) is 4.59. The van der Waals surface area contributed by atoms with Crippen LogP contribution in [0.2, 0.25) is 5.02 Å². The van der Waals surface area contributed by atoms with Crippen molar-refractivity contribution in [3.63, 3.8) is 0 Å². The molecule has 1 aromatic carbocycles. The van der Waals surface area contributed by atoms with Crippen LogP contribution in [0.3, 0.4) is 0 Å². The molecule has 1 aromatic heterocycles. The topological polar surface area (TPSA) is 43.8 Å². The SMILES string of the molecule is Cc1ccc(-n2cc(Cl)c(C)n2)c(CCN)c1. The fourth-order valence-corrected chi connectivity index (χ4v) is 1.99. The van der Waals surface area contributed by atoms with Gasteiger partial charge in [0.2, 0.25) is 0 Å². The number of benzene rings is 1. The van der Waals surface area contributed by atoms with E-state index in [0.29, 0.717) is 11.6 Å². The molecular formula is C13H16ClN3. The molecule has 0 saturated heterocycles. The number of halogens is 1. The molecular weight excluding hydrogens is 234 g/mol. The Hall–Kier alpha value is -1.32. The van der Waals surface area contributed by atoms with Gasteiger partial charge in [-0.15, -0.1) is 0 Å². The molecule has 0 spiro atoms. The van der Waals surface area contributed by atoms with E-state index in [-0.39, 0.29) is 0 Å². The van der Waals surface area contributed by atoms with Crippen molar-refractivity contribution in [2.45, 2.75) is 20.3 Å². The minimum Gasteiger partial charge on any atom is -0.330 e. The van der Waals surface area contributed by atoms with Crippen LogP contribution >= 0.6 is 11.6 Å². The lowest BCUT2D eigenvalue weighted by molar-refractivity contribution is 0.837.